The molecule has 3 heteroatoms. The van der Waals surface area contributed by atoms with Gasteiger partial charge >= 0.3 is 0 Å². The molecule has 0 aliphatic heterocycles. The van der Waals surface area contributed by atoms with Crippen LogP contribution in [0, 0.1) is 0 Å². The van der Waals surface area contributed by atoms with Crippen molar-refractivity contribution in [2.75, 3.05) is 13.7 Å². The zero-order valence-electron chi connectivity index (χ0n) is 13.0. The van der Waals surface area contributed by atoms with Crippen LogP contribution in [0.2, 0.25) is 0 Å². The Hall–Kier alpha value is -1.06. The van der Waals surface area contributed by atoms with Crippen LogP contribution in [0.3, 0.4) is 0 Å². The molecule has 0 amide bonds. The summed E-state index contributed by atoms with van der Waals surface area (Å²) in [5, 5.41) is 9.62. The summed E-state index contributed by atoms with van der Waals surface area (Å²) in [6.45, 7) is 5.31. The first kappa shape index (κ1) is 17.0. The molecular weight excluding hydrogens is 252 g/mol. The van der Waals surface area contributed by atoms with E-state index >= 15 is 0 Å². The number of methoxy groups -OCH3 is 1. The maximum absolute atomic E-state index is 9.62. The molecule has 0 aliphatic carbocycles. The Labute approximate surface area is 122 Å². The molecule has 114 valence electrons. The first-order chi connectivity index (χ1) is 9.69. The lowest BCUT2D eigenvalue weighted by molar-refractivity contribution is 0.114. The van der Waals surface area contributed by atoms with E-state index in [2.05, 4.69) is 6.92 Å². The molecule has 0 radical (unpaired) electrons. The third-order valence-electron chi connectivity index (χ3n) is 3.44. The van der Waals surface area contributed by atoms with Crippen molar-refractivity contribution in [3.63, 3.8) is 0 Å². The molecule has 1 rings (SSSR count). The highest BCUT2D eigenvalue weighted by molar-refractivity contribution is 5.37. The Balaban J connectivity index is 2.39. The predicted octanol–water partition coefficient (Wildman–Crippen LogP) is 4.24. The lowest BCUT2D eigenvalue weighted by Gasteiger charge is -2.12. The summed E-state index contributed by atoms with van der Waals surface area (Å²) in [4.78, 5) is 0. The largest absolute Gasteiger partial charge is 0.496 e. The van der Waals surface area contributed by atoms with Crippen LogP contribution in [0.25, 0.3) is 0 Å². The normalized spacial score (nSPS) is 12.4. The molecule has 0 bridgehead atoms. The number of rotatable bonds is 10. The molecule has 1 unspecified atom stereocenters. The highest BCUT2D eigenvalue weighted by Gasteiger charge is 2.07. The number of hydrogen-bond acceptors (Lipinski definition) is 3. The van der Waals surface area contributed by atoms with Gasteiger partial charge in [0.05, 0.1) is 19.8 Å². The van der Waals surface area contributed by atoms with Crippen LogP contribution >= 0.6 is 0 Å². The number of aliphatic hydroxyl groups is 1. The maximum atomic E-state index is 9.62. The van der Waals surface area contributed by atoms with Crippen molar-refractivity contribution < 1.29 is 14.6 Å². The lowest BCUT2D eigenvalue weighted by Crippen LogP contribution is -2.01. The summed E-state index contributed by atoms with van der Waals surface area (Å²) in [7, 11) is 1.66. The SMILES string of the molecule is CCCCCCCOCc1cc(C(C)O)ccc1OC. The maximum Gasteiger partial charge on any atom is 0.124 e. The monoisotopic (exact) mass is 280 g/mol. The minimum absolute atomic E-state index is 0.464. The number of benzene rings is 1. The summed E-state index contributed by atoms with van der Waals surface area (Å²) < 4.78 is 11.0. The van der Waals surface area contributed by atoms with E-state index < -0.39 is 6.10 Å². The molecule has 1 atom stereocenters. The average molecular weight is 280 g/mol. The lowest BCUT2D eigenvalue weighted by atomic mass is 10.1. The predicted molar refractivity (Wildman–Crippen MR) is 82.0 cm³/mol. The van der Waals surface area contributed by atoms with Gasteiger partial charge in [-0.25, -0.2) is 0 Å². The van der Waals surface area contributed by atoms with Gasteiger partial charge in [0.2, 0.25) is 0 Å². The van der Waals surface area contributed by atoms with Crippen molar-refractivity contribution in [1.82, 2.24) is 0 Å². The van der Waals surface area contributed by atoms with Crippen LogP contribution in [-0.2, 0) is 11.3 Å². The first-order valence-electron chi connectivity index (χ1n) is 7.61. The Morgan fingerprint density at radius 2 is 1.90 bits per heavy atom. The van der Waals surface area contributed by atoms with E-state index in [0.29, 0.717) is 6.61 Å². The third kappa shape index (κ3) is 5.93. The molecule has 1 aromatic carbocycles. The molecule has 0 fully saturated rings. The van der Waals surface area contributed by atoms with Gasteiger partial charge in [-0.2, -0.15) is 0 Å². The van der Waals surface area contributed by atoms with E-state index in [-0.39, 0.29) is 0 Å². The van der Waals surface area contributed by atoms with Crippen molar-refractivity contribution in [2.24, 2.45) is 0 Å². The van der Waals surface area contributed by atoms with Gasteiger partial charge in [0.15, 0.2) is 0 Å². The van der Waals surface area contributed by atoms with Crippen molar-refractivity contribution in [2.45, 2.75) is 58.7 Å². The van der Waals surface area contributed by atoms with Gasteiger partial charge in [-0.3, -0.25) is 0 Å². The van der Waals surface area contributed by atoms with Gasteiger partial charge in [-0.15, -0.1) is 0 Å². The van der Waals surface area contributed by atoms with E-state index in [4.69, 9.17) is 9.47 Å². The quantitative estimate of drug-likeness (QED) is 0.652. The molecule has 3 nitrogen and oxygen atoms in total. The Morgan fingerprint density at radius 1 is 1.15 bits per heavy atom. The van der Waals surface area contributed by atoms with Gasteiger partial charge in [0.1, 0.15) is 5.75 Å². The average Bonchev–Trinajstić information content (AvgIpc) is 2.46. The number of aliphatic hydroxyl groups excluding tert-OH is 1. The van der Waals surface area contributed by atoms with Crippen molar-refractivity contribution in [3.8, 4) is 5.75 Å². The van der Waals surface area contributed by atoms with Crippen molar-refractivity contribution in [3.05, 3.63) is 29.3 Å². The molecular formula is C17H28O3. The molecule has 1 N–H and O–H groups in total. The van der Waals surface area contributed by atoms with Crippen LogP contribution in [0.5, 0.6) is 5.75 Å². The van der Waals surface area contributed by atoms with E-state index in [1.165, 1.54) is 25.7 Å². The number of hydrogen-bond donors (Lipinski definition) is 1. The second-order valence-corrected chi connectivity index (χ2v) is 5.21. The first-order valence-corrected chi connectivity index (χ1v) is 7.61. The van der Waals surface area contributed by atoms with Gasteiger partial charge in [0, 0.05) is 12.2 Å². The zero-order valence-corrected chi connectivity index (χ0v) is 13.0. The standard InChI is InChI=1S/C17H28O3/c1-4-5-6-7-8-11-20-13-16-12-15(14(2)18)9-10-17(16)19-3/h9-10,12,14,18H,4-8,11,13H2,1-3H3. The Morgan fingerprint density at radius 3 is 2.55 bits per heavy atom. The second kappa shape index (κ2) is 9.78. The molecule has 0 aliphatic rings. The molecule has 0 aromatic heterocycles. The minimum Gasteiger partial charge on any atom is -0.496 e. The molecule has 0 heterocycles. The zero-order chi connectivity index (χ0) is 14.8. The Kier molecular flexibility index (Phi) is 8.31. The topological polar surface area (TPSA) is 38.7 Å². The summed E-state index contributed by atoms with van der Waals surface area (Å²) >= 11 is 0. The Bertz CT molecular complexity index is 374. The fraction of sp³-hybridized carbons (Fsp3) is 0.647. The highest BCUT2D eigenvalue weighted by Crippen LogP contribution is 2.24. The number of unbranched alkanes of at least 4 members (excludes halogenated alkanes) is 4. The van der Waals surface area contributed by atoms with Crippen LogP contribution in [0.1, 0.15) is 63.2 Å². The van der Waals surface area contributed by atoms with Crippen LogP contribution < -0.4 is 4.74 Å². The van der Waals surface area contributed by atoms with Crippen molar-refractivity contribution in [1.29, 1.82) is 0 Å². The molecule has 0 spiro atoms. The highest BCUT2D eigenvalue weighted by atomic mass is 16.5. The summed E-state index contributed by atoms with van der Waals surface area (Å²) in [5.74, 6) is 0.820. The van der Waals surface area contributed by atoms with Crippen LogP contribution in [-0.4, -0.2) is 18.8 Å². The van der Waals surface area contributed by atoms with Gasteiger partial charge in [0.25, 0.3) is 0 Å². The van der Waals surface area contributed by atoms with Crippen LogP contribution in [0.4, 0.5) is 0 Å². The summed E-state index contributed by atoms with van der Waals surface area (Å²) in [6.07, 6.45) is 5.75. The number of ether oxygens (including phenoxy) is 2. The summed E-state index contributed by atoms with van der Waals surface area (Å²) in [5.41, 5.74) is 1.90. The smallest absolute Gasteiger partial charge is 0.124 e. The summed E-state index contributed by atoms with van der Waals surface area (Å²) in [6, 6.07) is 5.74. The van der Waals surface area contributed by atoms with Crippen molar-refractivity contribution >= 4 is 0 Å². The fourth-order valence-corrected chi connectivity index (χ4v) is 2.16. The molecule has 0 saturated carbocycles. The van der Waals surface area contributed by atoms with Gasteiger partial charge in [-0.1, -0.05) is 38.7 Å². The van der Waals surface area contributed by atoms with E-state index in [9.17, 15) is 5.11 Å². The molecule has 0 saturated heterocycles. The van der Waals surface area contributed by atoms with E-state index in [1.807, 2.05) is 18.2 Å². The molecule has 20 heavy (non-hydrogen) atoms. The van der Waals surface area contributed by atoms with Gasteiger partial charge < -0.3 is 14.6 Å². The minimum atomic E-state index is -0.464. The van der Waals surface area contributed by atoms with E-state index in [0.717, 1.165) is 29.9 Å². The van der Waals surface area contributed by atoms with Gasteiger partial charge in [-0.05, 0) is 31.0 Å². The van der Waals surface area contributed by atoms with Crippen LogP contribution in [0.15, 0.2) is 18.2 Å². The van der Waals surface area contributed by atoms with E-state index in [1.54, 1.807) is 14.0 Å². The molecule has 1 aromatic rings. The fourth-order valence-electron chi connectivity index (χ4n) is 2.16. The third-order valence-corrected chi connectivity index (χ3v) is 3.44. The second-order valence-electron chi connectivity index (χ2n) is 5.21.